The van der Waals surface area contributed by atoms with Gasteiger partial charge in [-0.2, -0.15) is 0 Å². The molecule has 3 N–H and O–H groups in total. The number of hydrogen-bond donors (Lipinski definition) is 2. The molecule has 106 valence electrons. The molecule has 2 fully saturated rings. The average Bonchev–Trinajstić information content (AvgIpc) is 2.34. The summed E-state index contributed by atoms with van der Waals surface area (Å²) in [5.41, 5.74) is 5.53. The molecule has 1 unspecified atom stereocenters. The van der Waals surface area contributed by atoms with Crippen molar-refractivity contribution in [3.8, 4) is 0 Å². The maximum atomic E-state index is 11.0. The molecule has 0 aromatic rings. The third kappa shape index (κ3) is 2.60. The fourth-order valence-corrected chi connectivity index (χ4v) is 4.08. The molecular weight excluding hydrogens is 222 g/mol. The fraction of sp³-hybridized carbons (Fsp3) is 1.00. The van der Waals surface area contributed by atoms with Crippen LogP contribution in [-0.4, -0.2) is 17.3 Å². The molecule has 0 saturated heterocycles. The topological polar surface area (TPSA) is 46.2 Å². The van der Waals surface area contributed by atoms with Gasteiger partial charge in [0.25, 0.3) is 0 Å². The van der Waals surface area contributed by atoms with E-state index >= 15 is 0 Å². The first-order valence-electron chi connectivity index (χ1n) is 7.95. The van der Waals surface area contributed by atoms with E-state index in [0.717, 1.165) is 31.1 Å². The molecule has 0 radical (unpaired) electrons. The molecule has 1 atom stereocenters. The highest BCUT2D eigenvalue weighted by Crippen LogP contribution is 2.50. The van der Waals surface area contributed by atoms with E-state index in [1.807, 2.05) is 0 Å². The Bertz CT molecular complexity index is 262. The first kappa shape index (κ1) is 14.3. The molecule has 0 aromatic heterocycles. The molecule has 2 aliphatic rings. The largest absolute Gasteiger partial charge is 0.390 e. The lowest BCUT2D eigenvalue weighted by atomic mass is 9.58. The van der Waals surface area contributed by atoms with Crippen LogP contribution in [0.15, 0.2) is 0 Å². The highest BCUT2D eigenvalue weighted by molar-refractivity contribution is 5.01. The lowest BCUT2D eigenvalue weighted by Crippen LogP contribution is -2.53. The standard InChI is InChI=1S/C16H31NO/c1-3-13-7-9-16(12-17,10-8-13)15(2,18)11-14-5-4-6-14/h13-14,18H,3-12,17H2,1-2H3. The zero-order valence-corrected chi connectivity index (χ0v) is 12.3. The summed E-state index contributed by atoms with van der Waals surface area (Å²) in [6, 6.07) is 0. The quantitative estimate of drug-likeness (QED) is 0.788. The first-order chi connectivity index (χ1) is 8.53. The van der Waals surface area contributed by atoms with Crippen LogP contribution in [0.3, 0.4) is 0 Å². The van der Waals surface area contributed by atoms with Gasteiger partial charge in [0.1, 0.15) is 0 Å². The van der Waals surface area contributed by atoms with E-state index in [1.54, 1.807) is 0 Å². The summed E-state index contributed by atoms with van der Waals surface area (Å²) < 4.78 is 0. The molecule has 0 aromatic carbocycles. The predicted octanol–water partition coefficient (Wildman–Crippen LogP) is 3.47. The average molecular weight is 253 g/mol. The van der Waals surface area contributed by atoms with Crippen molar-refractivity contribution in [2.24, 2.45) is 23.0 Å². The van der Waals surface area contributed by atoms with Crippen molar-refractivity contribution in [3.05, 3.63) is 0 Å². The molecule has 2 nitrogen and oxygen atoms in total. The van der Waals surface area contributed by atoms with E-state index in [4.69, 9.17) is 5.73 Å². The van der Waals surface area contributed by atoms with E-state index in [9.17, 15) is 5.11 Å². The van der Waals surface area contributed by atoms with E-state index in [-0.39, 0.29) is 5.41 Å². The monoisotopic (exact) mass is 253 g/mol. The van der Waals surface area contributed by atoms with Crippen molar-refractivity contribution in [2.75, 3.05) is 6.54 Å². The van der Waals surface area contributed by atoms with Crippen molar-refractivity contribution < 1.29 is 5.11 Å². The van der Waals surface area contributed by atoms with Crippen molar-refractivity contribution in [1.82, 2.24) is 0 Å². The lowest BCUT2D eigenvalue weighted by molar-refractivity contribution is -0.111. The Morgan fingerprint density at radius 2 is 1.78 bits per heavy atom. The molecule has 2 aliphatic carbocycles. The fourth-order valence-electron chi connectivity index (χ4n) is 4.08. The van der Waals surface area contributed by atoms with Gasteiger partial charge in [-0.3, -0.25) is 0 Å². The van der Waals surface area contributed by atoms with Crippen molar-refractivity contribution in [3.63, 3.8) is 0 Å². The van der Waals surface area contributed by atoms with Gasteiger partial charge in [-0.15, -0.1) is 0 Å². The first-order valence-corrected chi connectivity index (χ1v) is 7.95. The second-order valence-corrected chi connectivity index (χ2v) is 7.11. The summed E-state index contributed by atoms with van der Waals surface area (Å²) in [5.74, 6) is 1.62. The Labute approximate surface area is 112 Å². The van der Waals surface area contributed by atoms with Crippen LogP contribution >= 0.6 is 0 Å². The van der Waals surface area contributed by atoms with Crippen LogP contribution in [0.2, 0.25) is 0 Å². The van der Waals surface area contributed by atoms with Crippen LogP contribution in [0, 0.1) is 17.3 Å². The van der Waals surface area contributed by atoms with Gasteiger partial charge in [0.05, 0.1) is 5.60 Å². The highest BCUT2D eigenvalue weighted by atomic mass is 16.3. The van der Waals surface area contributed by atoms with E-state index in [0.29, 0.717) is 6.54 Å². The molecule has 0 bridgehead atoms. The van der Waals surface area contributed by atoms with Gasteiger partial charge < -0.3 is 10.8 Å². The zero-order valence-electron chi connectivity index (χ0n) is 12.3. The molecule has 0 aliphatic heterocycles. The molecule has 2 heteroatoms. The van der Waals surface area contributed by atoms with E-state index < -0.39 is 5.60 Å². The minimum Gasteiger partial charge on any atom is -0.390 e. The second kappa shape index (κ2) is 5.50. The van der Waals surface area contributed by atoms with Crippen LogP contribution in [0.25, 0.3) is 0 Å². The van der Waals surface area contributed by atoms with Crippen LogP contribution in [-0.2, 0) is 0 Å². The van der Waals surface area contributed by atoms with Crippen molar-refractivity contribution in [2.45, 2.75) is 77.2 Å². The van der Waals surface area contributed by atoms with Crippen molar-refractivity contribution in [1.29, 1.82) is 0 Å². The summed E-state index contributed by atoms with van der Waals surface area (Å²) in [6.07, 6.45) is 11.0. The minimum absolute atomic E-state index is 0.00569. The maximum absolute atomic E-state index is 11.0. The molecular formula is C16H31NO. The van der Waals surface area contributed by atoms with Gasteiger partial charge >= 0.3 is 0 Å². The lowest BCUT2D eigenvalue weighted by Gasteiger charge is -2.51. The summed E-state index contributed by atoms with van der Waals surface area (Å²) in [4.78, 5) is 0. The summed E-state index contributed by atoms with van der Waals surface area (Å²) in [7, 11) is 0. The van der Waals surface area contributed by atoms with Crippen LogP contribution in [0.5, 0.6) is 0 Å². The molecule has 0 amide bonds. The Morgan fingerprint density at radius 3 is 2.17 bits per heavy atom. The van der Waals surface area contributed by atoms with Gasteiger partial charge in [0.15, 0.2) is 0 Å². The Morgan fingerprint density at radius 1 is 1.17 bits per heavy atom. The molecule has 0 spiro atoms. The zero-order chi connectivity index (χ0) is 13.2. The second-order valence-electron chi connectivity index (χ2n) is 7.11. The minimum atomic E-state index is -0.550. The summed E-state index contributed by atoms with van der Waals surface area (Å²) >= 11 is 0. The summed E-state index contributed by atoms with van der Waals surface area (Å²) in [5, 5.41) is 11.0. The van der Waals surface area contributed by atoms with Gasteiger partial charge in [-0.1, -0.05) is 32.6 Å². The highest BCUT2D eigenvalue weighted by Gasteiger charge is 2.48. The van der Waals surface area contributed by atoms with Gasteiger partial charge in [0.2, 0.25) is 0 Å². The van der Waals surface area contributed by atoms with Gasteiger partial charge in [-0.25, -0.2) is 0 Å². The number of hydrogen-bond acceptors (Lipinski definition) is 2. The molecule has 2 saturated carbocycles. The van der Waals surface area contributed by atoms with Gasteiger partial charge in [0, 0.05) is 12.0 Å². The normalized spacial score (nSPS) is 37.0. The molecule has 0 heterocycles. The maximum Gasteiger partial charge on any atom is 0.0690 e. The number of rotatable bonds is 5. The van der Waals surface area contributed by atoms with Crippen LogP contribution in [0.4, 0.5) is 0 Å². The Kier molecular flexibility index (Phi) is 4.38. The van der Waals surface area contributed by atoms with Gasteiger partial charge in [-0.05, 0) is 50.9 Å². The third-order valence-corrected chi connectivity index (χ3v) is 6.08. The Balaban J connectivity index is 2.01. The smallest absolute Gasteiger partial charge is 0.0690 e. The number of aliphatic hydroxyl groups is 1. The SMILES string of the molecule is CCC1CCC(CN)(C(C)(O)CC2CCC2)CC1. The summed E-state index contributed by atoms with van der Waals surface area (Å²) in [6.45, 7) is 5.00. The third-order valence-electron chi connectivity index (χ3n) is 6.08. The van der Waals surface area contributed by atoms with Crippen LogP contribution < -0.4 is 5.73 Å². The molecule has 2 rings (SSSR count). The number of nitrogens with two attached hydrogens (primary N) is 1. The van der Waals surface area contributed by atoms with E-state index in [1.165, 1.54) is 38.5 Å². The van der Waals surface area contributed by atoms with E-state index in [2.05, 4.69) is 13.8 Å². The van der Waals surface area contributed by atoms with Crippen LogP contribution in [0.1, 0.15) is 71.6 Å². The molecule has 18 heavy (non-hydrogen) atoms. The predicted molar refractivity (Wildman–Crippen MR) is 76.3 cm³/mol. The Hall–Kier alpha value is -0.0800. The van der Waals surface area contributed by atoms with Crippen molar-refractivity contribution >= 4 is 0 Å².